The molecule has 132 valence electrons. The van der Waals surface area contributed by atoms with Crippen molar-refractivity contribution in [2.45, 2.75) is 25.7 Å². The summed E-state index contributed by atoms with van der Waals surface area (Å²) in [5, 5.41) is 15.4. The van der Waals surface area contributed by atoms with E-state index in [0.717, 1.165) is 38.8 Å². The van der Waals surface area contributed by atoms with Gasteiger partial charge in [-0.25, -0.2) is 9.97 Å². The van der Waals surface area contributed by atoms with Crippen LogP contribution >= 0.6 is 23.2 Å². The molecular formula is C16H17Cl2N5O2. The second-order valence-corrected chi connectivity index (χ2v) is 6.62. The lowest BCUT2D eigenvalue weighted by molar-refractivity contribution is -0.383. The monoisotopic (exact) mass is 381 g/mol. The van der Waals surface area contributed by atoms with Gasteiger partial charge in [0.05, 0.1) is 15.0 Å². The standard InChI is InChI=1S/C16H17Cl2N5O2/c17-12-6-5-11(9-13(12)18)21-15-14(23(24)25)16(20-10-19-15)22-7-3-1-2-4-8-22/h5-6,9-10H,1-4,7-8H2,(H,19,20,21). The van der Waals surface area contributed by atoms with Gasteiger partial charge < -0.3 is 10.2 Å². The van der Waals surface area contributed by atoms with Crippen LogP contribution in [0.25, 0.3) is 0 Å². The van der Waals surface area contributed by atoms with Crippen LogP contribution in [0.4, 0.5) is 23.0 Å². The molecule has 1 aromatic carbocycles. The van der Waals surface area contributed by atoms with Crippen LogP contribution in [0.5, 0.6) is 0 Å². The molecule has 3 rings (SSSR count). The van der Waals surface area contributed by atoms with Gasteiger partial charge in [-0.1, -0.05) is 36.0 Å². The minimum Gasteiger partial charge on any atom is -0.351 e. The number of nitrogens with one attached hydrogen (secondary N) is 1. The zero-order valence-electron chi connectivity index (χ0n) is 13.4. The van der Waals surface area contributed by atoms with Crippen LogP contribution in [-0.2, 0) is 0 Å². The van der Waals surface area contributed by atoms with Crippen molar-refractivity contribution in [3.05, 3.63) is 44.7 Å². The fourth-order valence-corrected chi connectivity index (χ4v) is 3.15. The van der Waals surface area contributed by atoms with Gasteiger partial charge in [0.15, 0.2) is 0 Å². The lowest BCUT2D eigenvalue weighted by Gasteiger charge is -2.21. The van der Waals surface area contributed by atoms with Crippen molar-refractivity contribution in [3.63, 3.8) is 0 Å². The van der Waals surface area contributed by atoms with Crippen molar-refractivity contribution >= 4 is 46.2 Å². The largest absolute Gasteiger partial charge is 0.353 e. The third-order valence-electron chi connectivity index (χ3n) is 4.07. The highest BCUT2D eigenvalue weighted by molar-refractivity contribution is 6.42. The van der Waals surface area contributed by atoms with Gasteiger partial charge in [-0.15, -0.1) is 0 Å². The molecular weight excluding hydrogens is 365 g/mol. The quantitative estimate of drug-likeness (QED) is 0.603. The smallest absolute Gasteiger partial charge is 0.351 e. The van der Waals surface area contributed by atoms with E-state index >= 15 is 0 Å². The number of nitrogens with zero attached hydrogens (tertiary/aromatic N) is 4. The molecule has 1 aliphatic heterocycles. The molecule has 0 amide bonds. The van der Waals surface area contributed by atoms with E-state index in [1.807, 2.05) is 4.90 Å². The molecule has 1 aromatic heterocycles. The molecule has 0 saturated carbocycles. The van der Waals surface area contributed by atoms with Crippen molar-refractivity contribution in [2.75, 3.05) is 23.3 Å². The van der Waals surface area contributed by atoms with E-state index < -0.39 is 4.92 Å². The van der Waals surface area contributed by atoms with Gasteiger partial charge in [-0.3, -0.25) is 10.1 Å². The maximum atomic E-state index is 11.7. The Labute approximate surface area is 155 Å². The van der Waals surface area contributed by atoms with Crippen molar-refractivity contribution in [1.82, 2.24) is 9.97 Å². The van der Waals surface area contributed by atoms with E-state index in [1.54, 1.807) is 18.2 Å². The summed E-state index contributed by atoms with van der Waals surface area (Å²) in [5.41, 5.74) is 0.438. The average molecular weight is 382 g/mol. The van der Waals surface area contributed by atoms with Crippen molar-refractivity contribution < 1.29 is 4.92 Å². The Hall–Kier alpha value is -2.12. The van der Waals surface area contributed by atoms with Crippen LogP contribution < -0.4 is 10.2 Å². The minimum absolute atomic E-state index is 0.129. The highest BCUT2D eigenvalue weighted by atomic mass is 35.5. The first-order chi connectivity index (χ1) is 12.1. The lowest BCUT2D eigenvalue weighted by atomic mass is 10.2. The van der Waals surface area contributed by atoms with Crippen LogP contribution in [0.15, 0.2) is 24.5 Å². The Kier molecular flexibility index (Phi) is 5.55. The zero-order chi connectivity index (χ0) is 17.8. The van der Waals surface area contributed by atoms with Gasteiger partial charge in [0, 0.05) is 18.8 Å². The van der Waals surface area contributed by atoms with E-state index in [-0.39, 0.29) is 11.5 Å². The Bertz CT molecular complexity index is 779. The number of aromatic nitrogens is 2. The number of halogens is 2. The molecule has 1 fully saturated rings. The Morgan fingerprint density at radius 2 is 1.80 bits per heavy atom. The summed E-state index contributed by atoms with van der Waals surface area (Å²) < 4.78 is 0. The predicted octanol–water partition coefficient (Wildman–Crippen LogP) is 4.82. The SMILES string of the molecule is O=[N+]([O-])c1c(Nc2ccc(Cl)c(Cl)c2)ncnc1N1CCCCCC1. The third kappa shape index (κ3) is 4.11. The molecule has 1 saturated heterocycles. The highest BCUT2D eigenvalue weighted by Crippen LogP contribution is 2.35. The first kappa shape index (κ1) is 17.7. The molecule has 2 heterocycles. The first-order valence-electron chi connectivity index (χ1n) is 8.02. The summed E-state index contributed by atoms with van der Waals surface area (Å²) in [7, 11) is 0. The van der Waals surface area contributed by atoms with Gasteiger partial charge in [-0.05, 0) is 31.0 Å². The molecule has 0 aliphatic carbocycles. The summed E-state index contributed by atoms with van der Waals surface area (Å²) in [6, 6.07) is 4.90. The van der Waals surface area contributed by atoms with Gasteiger partial charge in [0.1, 0.15) is 6.33 Å². The Balaban J connectivity index is 1.97. The fraction of sp³-hybridized carbons (Fsp3) is 0.375. The van der Waals surface area contributed by atoms with Crippen molar-refractivity contribution in [1.29, 1.82) is 0 Å². The number of hydrogen-bond donors (Lipinski definition) is 1. The third-order valence-corrected chi connectivity index (χ3v) is 4.81. The number of nitro groups is 1. The Morgan fingerprint density at radius 1 is 1.08 bits per heavy atom. The van der Waals surface area contributed by atoms with Crippen LogP contribution in [0.1, 0.15) is 25.7 Å². The summed E-state index contributed by atoms with van der Waals surface area (Å²) >= 11 is 11.9. The fourth-order valence-electron chi connectivity index (χ4n) is 2.85. The van der Waals surface area contributed by atoms with E-state index in [1.165, 1.54) is 6.33 Å². The van der Waals surface area contributed by atoms with E-state index in [9.17, 15) is 10.1 Å². The van der Waals surface area contributed by atoms with Gasteiger partial charge in [0.2, 0.25) is 11.6 Å². The van der Waals surface area contributed by atoms with E-state index in [0.29, 0.717) is 21.6 Å². The normalized spacial score (nSPS) is 14.9. The second kappa shape index (κ2) is 7.84. The number of rotatable bonds is 4. The average Bonchev–Trinajstić information content (AvgIpc) is 2.87. The Morgan fingerprint density at radius 3 is 2.44 bits per heavy atom. The number of hydrogen-bond acceptors (Lipinski definition) is 6. The summed E-state index contributed by atoms with van der Waals surface area (Å²) in [6.45, 7) is 1.51. The van der Waals surface area contributed by atoms with Gasteiger partial charge >= 0.3 is 5.69 Å². The first-order valence-corrected chi connectivity index (χ1v) is 8.78. The molecule has 9 heteroatoms. The molecule has 0 spiro atoms. The van der Waals surface area contributed by atoms with Crippen molar-refractivity contribution in [2.24, 2.45) is 0 Å². The molecule has 0 radical (unpaired) electrons. The summed E-state index contributed by atoms with van der Waals surface area (Å²) in [4.78, 5) is 21.5. The molecule has 0 bridgehead atoms. The van der Waals surface area contributed by atoms with Gasteiger partial charge in [0.25, 0.3) is 0 Å². The molecule has 1 aliphatic rings. The molecule has 2 aromatic rings. The van der Waals surface area contributed by atoms with E-state index in [4.69, 9.17) is 23.2 Å². The molecule has 25 heavy (non-hydrogen) atoms. The molecule has 1 N–H and O–H groups in total. The summed E-state index contributed by atoms with van der Waals surface area (Å²) in [5.74, 6) is 0.488. The van der Waals surface area contributed by atoms with Gasteiger partial charge in [-0.2, -0.15) is 0 Å². The maximum Gasteiger partial charge on any atom is 0.353 e. The van der Waals surface area contributed by atoms with Crippen LogP contribution in [-0.4, -0.2) is 28.0 Å². The minimum atomic E-state index is -0.444. The molecule has 0 atom stereocenters. The second-order valence-electron chi connectivity index (χ2n) is 5.81. The lowest BCUT2D eigenvalue weighted by Crippen LogP contribution is -2.26. The van der Waals surface area contributed by atoms with Crippen LogP contribution in [0, 0.1) is 10.1 Å². The van der Waals surface area contributed by atoms with Crippen LogP contribution in [0.3, 0.4) is 0 Å². The molecule has 7 nitrogen and oxygen atoms in total. The zero-order valence-corrected chi connectivity index (χ0v) is 14.9. The van der Waals surface area contributed by atoms with E-state index in [2.05, 4.69) is 15.3 Å². The van der Waals surface area contributed by atoms with Crippen molar-refractivity contribution in [3.8, 4) is 0 Å². The summed E-state index contributed by atoms with van der Waals surface area (Å²) in [6.07, 6.45) is 5.59. The number of benzene rings is 1. The topological polar surface area (TPSA) is 84.2 Å². The number of anilines is 3. The predicted molar refractivity (Wildman–Crippen MR) is 99.1 cm³/mol. The highest BCUT2D eigenvalue weighted by Gasteiger charge is 2.27. The maximum absolute atomic E-state index is 11.7. The van der Waals surface area contributed by atoms with Crippen LogP contribution in [0.2, 0.25) is 10.0 Å². The molecule has 0 unspecified atom stereocenters.